The molecule has 1 aliphatic rings. The van der Waals surface area contributed by atoms with E-state index in [1.54, 1.807) is 19.2 Å². The maximum atomic E-state index is 12.0. The lowest BCUT2D eigenvalue weighted by Gasteiger charge is -2.17. The molecule has 7 heteroatoms. The van der Waals surface area contributed by atoms with Gasteiger partial charge < -0.3 is 19.7 Å². The summed E-state index contributed by atoms with van der Waals surface area (Å²) in [7, 11) is 1.59. The zero-order valence-corrected chi connectivity index (χ0v) is 15.2. The van der Waals surface area contributed by atoms with Crippen LogP contribution in [0.5, 0.6) is 11.5 Å². The van der Waals surface area contributed by atoms with Gasteiger partial charge in [0.25, 0.3) is 5.91 Å². The number of rotatable bonds is 7. The summed E-state index contributed by atoms with van der Waals surface area (Å²) in [6, 6.07) is 9.14. The normalized spacial score (nSPS) is 13.5. The second kappa shape index (κ2) is 8.51. The van der Waals surface area contributed by atoms with Crippen molar-refractivity contribution in [2.24, 2.45) is 0 Å². The molecule has 0 unspecified atom stereocenters. The summed E-state index contributed by atoms with van der Waals surface area (Å²) in [5.74, 6) is 2.60. The van der Waals surface area contributed by atoms with Crippen molar-refractivity contribution in [2.75, 3.05) is 31.7 Å². The van der Waals surface area contributed by atoms with E-state index in [4.69, 9.17) is 9.47 Å². The predicted molar refractivity (Wildman–Crippen MR) is 98.6 cm³/mol. The van der Waals surface area contributed by atoms with Crippen LogP contribution in [0.3, 0.4) is 0 Å². The first-order valence-electron chi connectivity index (χ1n) is 8.77. The Labute approximate surface area is 153 Å². The van der Waals surface area contributed by atoms with Crippen LogP contribution in [0.2, 0.25) is 0 Å². The SMILES string of the molecule is COc1cccc(OCC(=O)NCc2nc(C)cc(N3CCCC3)n2)c1. The van der Waals surface area contributed by atoms with E-state index in [1.165, 1.54) is 12.8 Å². The molecule has 1 amide bonds. The van der Waals surface area contributed by atoms with Crippen molar-refractivity contribution in [3.63, 3.8) is 0 Å². The van der Waals surface area contributed by atoms with E-state index in [9.17, 15) is 4.79 Å². The first-order chi connectivity index (χ1) is 12.6. The number of hydrogen-bond donors (Lipinski definition) is 1. The van der Waals surface area contributed by atoms with E-state index in [0.29, 0.717) is 17.3 Å². The topological polar surface area (TPSA) is 76.6 Å². The molecule has 2 aromatic rings. The highest BCUT2D eigenvalue weighted by atomic mass is 16.5. The minimum atomic E-state index is -0.222. The van der Waals surface area contributed by atoms with Gasteiger partial charge in [0.05, 0.1) is 13.7 Å². The molecular weight excluding hydrogens is 332 g/mol. The number of benzene rings is 1. The van der Waals surface area contributed by atoms with Crippen LogP contribution in [-0.4, -0.2) is 42.7 Å². The number of aromatic nitrogens is 2. The number of anilines is 1. The van der Waals surface area contributed by atoms with Gasteiger partial charge in [-0.3, -0.25) is 4.79 Å². The van der Waals surface area contributed by atoms with E-state index in [0.717, 1.165) is 24.6 Å². The van der Waals surface area contributed by atoms with Gasteiger partial charge in [0.1, 0.15) is 23.1 Å². The molecule has 138 valence electrons. The van der Waals surface area contributed by atoms with Gasteiger partial charge in [-0.05, 0) is 31.9 Å². The second-order valence-corrected chi connectivity index (χ2v) is 6.22. The predicted octanol–water partition coefficient (Wildman–Crippen LogP) is 2.09. The maximum Gasteiger partial charge on any atom is 0.258 e. The zero-order chi connectivity index (χ0) is 18.4. The number of ether oxygens (including phenoxy) is 2. The molecule has 26 heavy (non-hydrogen) atoms. The van der Waals surface area contributed by atoms with E-state index >= 15 is 0 Å². The fraction of sp³-hybridized carbons (Fsp3) is 0.421. The number of amides is 1. The Balaban J connectivity index is 1.52. The van der Waals surface area contributed by atoms with Crippen molar-refractivity contribution in [1.29, 1.82) is 0 Å². The summed E-state index contributed by atoms with van der Waals surface area (Å²) in [4.78, 5) is 23.3. The number of carbonyl (C=O) groups excluding carboxylic acids is 1. The largest absolute Gasteiger partial charge is 0.497 e. The Morgan fingerprint density at radius 2 is 1.96 bits per heavy atom. The van der Waals surface area contributed by atoms with E-state index in [2.05, 4.69) is 20.2 Å². The molecule has 0 saturated carbocycles. The summed E-state index contributed by atoms with van der Waals surface area (Å²) >= 11 is 0. The van der Waals surface area contributed by atoms with E-state index < -0.39 is 0 Å². The molecule has 1 saturated heterocycles. The van der Waals surface area contributed by atoms with Gasteiger partial charge in [-0.25, -0.2) is 9.97 Å². The average Bonchev–Trinajstić information content (AvgIpc) is 3.19. The zero-order valence-electron chi connectivity index (χ0n) is 15.2. The summed E-state index contributed by atoms with van der Waals surface area (Å²) in [5, 5.41) is 2.80. The molecule has 1 fully saturated rings. The Morgan fingerprint density at radius 3 is 2.73 bits per heavy atom. The number of nitrogens with zero attached hydrogens (tertiary/aromatic N) is 3. The number of aryl methyl sites for hydroxylation is 1. The van der Waals surface area contributed by atoms with E-state index in [-0.39, 0.29) is 19.1 Å². The molecule has 0 spiro atoms. The number of methoxy groups -OCH3 is 1. The van der Waals surface area contributed by atoms with Crippen molar-refractivity contribution in [1.82, 2.24) is 15.3 Å². The van der Waals surface area contributed by atoms with Gasteiger partial charge in [-0.1, -0.05) is 6.07 Å². The molecule has 1 N–H and O–H groups in total. The van der Waals surface area contributed by atoms with Crippen LogP contribution in [0.4, 0.5) is 5.82 Å². The highest BCUT2D eigenvalue weighted by molar-refractivity contribution is 5.77. The fourth-order valence-corrected chi connectivity index (χ4v) is 2.87. The van der Waals surface area contributed by atoms with Gasteiger partial charge in [-0.2, -0.15) is 0 Å². The third kappa shape index (κ3) is 4.84. The van der Waals surface area contributed by atoms with Crippen molar-refractivity contribution < 1.29 is 14.3 Å². The van der Waals surface area contributed by atoms with Gasteiger partial charge in [-0.15, -0.1) is 0 Å². The van der Waals surface area contributed by atoms with Crippen LogP contribution in [-0.2, 0) is 11.3 Å². The van der Waals surface area contributed by atoms with Crippen molar-refractivity contribution in [3.05, 3.63) is 41.9 Å². The van der Waals surface area contributed by atoms with Crippen molar-refractivity contribution in [2.45, 2.75) is 26.3 Å². The summed E-state index contributed by atoms with van der Waals surface area (Å²) in [6.45, 7) is 4.20. The van der Waals surface area contributed by atoms with Crippen LogP contribution >= 0.6 is 0 Å². The summed E-state index contributed by atoms with van der Waals surface area (Å²) in [6.07, 6.45) is 2.38. The Morgan fingerprint density at radius 1 is 1.19 bits per heavy atom. The van der Waals surface area contributed by atoms with Gasteiger partial charge in [0.15, 0.2) is 6.61 Å². The van der Waals surface area contributed by atoms with Crippen LogP contribution < -0.4 is 19.7 Å². The number of carbonyl (C=O) groups is 1. The molecular formula is C19H24N4O3. The van der Waals surface area contributed by atoms with Crippen molar-refractivity contribution >= 4 is 11.7 Å². The van der Waals surface area contributed by atoms with Crippen molar-refractivity contribution in [3.8, 4) is 11.5 Å². The average molecular weight is 356 g/mol. The highest BCUT2D eigenvalue weighted by Crippen LogP contribution is 2.19. The first-order valence-corrected chi connectivity index (χ1v) is 8.77. The lowest BCUT2D eigenvalue weighted by Crippen LogP contribution is -2.29. The third-order valence-corrected chi connectivity index (χ3v) is 4.17. The lowest BCUT2D eigenvalue weighted by molar-refractivity contribution is -0.123. The minimum Gasteiger partial charge on any atom is -0.497 e. The third-order valence-electron chi connectivity index (χ3n) is 4.17. The minimum absolute atomic E-state index is 0.0715. The molecule has 7 nitrogen and oxygen atoms in total. The monoisotopic (exact) mass is 356 g/mol. The van der Waals surface area contributed by atoms with Gasteiger partial charge in [0.2, 0.25) is 0 Å². The van der Waals surface area contributed by atoms with Gasteiger partial charge >= 0.3 is 0 Å². The molecule has 0 radical (unpaired) electrons. The summed E-state index contributed by atoms with van der Waals surface area (Å²) < 4.78 is 10.6. The molecule has 0 atom stereocenters. The standard InChI is InChI=1S/C19H24N4O3/c1-14-10-18(23-8-3-4-9-23)22-17(21-14)12-20-19(24)13-26-16-7-5-6-15(11-16)25-2/h5-7,10-11H,3-4,8-9,12-13H2,1-2H3,(H,20,24). The molecule has 2 heterocycles. The number of nitrogens with one attached hydrogen (secondary N) is 1. The van der Waals surface area contributed by atoms with Crippen LogP contribution in [0.15, 0.2) is 30.3 Å². The Bertz CT molecular complexity index is 760. The quantitative estimate of drug-likeness (QED) is 0.819. The smallest absolute Gasteiger partial charge is 0.258 e. The Hall–Kier alpha value is -2.83. The highest BCUT2D eigenvalue weighted by Gasteiger charge is 2.15. The van der Waals surface area contributed by atoms with Gasteiger partial charge in [0, 0.05) is 30.9 Å². The molecule has 3 rings (SSSR count). The molecule has 1 aliphatic heterocycles. The maximum absolute atomic E-state index is 12.0. The van der Waals surface area contributed by atoms with E-state index in [1.807, 2.05) is 25.1 Å². The second-order valence-electron chi connectivity index (χ2n) is 6.22. The van der Waals surface area contributed by atoms with Crippen LogP contribution in [0.25, 0.3) is 0 Å². The Kier molecular flexibility index (Phi) is 5.88. The first kappa shape index (κ1) is 18.0. The summed E-state index contributed by atoms with van der Waals surface area (Å²) in [5.41, 5.74) is 0.902. The lowest BCUT2D eigenvalue weighted by atomic mass is 10.3. The van der Waals surface area contributed by atoms with Crippen LogP contribution in [0.1, 0.15) is 24.4 Å². The van der Waals surface area contributed by atoms with Crippen LogP contribution in [0, 0.1) is 6.92 Å². The number of hydrogen-bond acceptors (Lipinski definition) is 6. The molecule has 1 aromatic carbocycles. The fourth-order valence-electron chi connectivity index (χ4n) is 2.87. The molecule has 0 aliphatic carbocycles. The molecule has 0 bridgehead atoms. The molecule has 1 aromatic heterocycles.